The van der Waals surface area contributed by atoms with Crippen molar-refractivity contribution >= 4 is 39.0 Å². The first-order valence-corrected chi connectivity index (χ1v) is 12.3. The van der Waals surface area contributed by atoms with Gasteiger partial charge in [-0.1, -0.05) is 42.1 Å². The van der Waals surface area contributed by atoms with Gasteiger partial charge in [-0.2, -0.15) is 4.31 Å². The topological polar surface area (TPSA) is 71.0 Å². The molecule has 0 radical (unpaired) electrons. The summed E-state index contributed by atoms with van der Waals surface area (Å²) in [6, 6.07) is 23.0. The predicted molar refractivity (Wildman–Crippen MR) is 123 cm³/mol. The van der Waals surface area contributed by atoms with Crippen LogP contribution in [0, 0.1) is 0 Å². The fourth-order valence-corrected chi connectivity index (χ4v) is 6.01. The highest BCUT2D eigenvalue weighted by Gasteiger charge is 2.28. The van der Waals surface area contributed by atoms with Crippen LogP contribution in [-0.4, -0.2) is 44.9 Å². The van der Waals surface area contributed by atoms with Crippen molar-refractivity contribution in [3.05, 3.63) is 78.4 Å². The van der Waals surface area contributed by atoms with Crippen LogP contribution in [0.1, 0.15) is 5.56 Å². The predicted octanol–water partition coefficient (Wildman–Crippen LogP) is 4.36. The molecule has 3 aromatic carbocycles. The first kappa shape index (κ1) is 20.3. The van der Waals surface area contributed by atoms with Crippen molar-refractivity contribution in [2.45, 2.75) is 14.7 Å². The minimum atomic E-state index is -3.61. The first-order chi connectivity index (χ1) is 15.1. The van der Waals surface area contributed by atoms with E-state index in [4.69, 9.17) is 9.73 Å². The van der Waals surface area contributed by atoms with E-state index in [1.165, 1.54) is 4.31 Å². The second-order valence-corrected chi connectivity index (χ2v) is 10.2. The summed E-state index contributed by atoms with van der Waals surface area (Å²) in [5.41, 5.74) is 2.50. The first-order valence-electron chi connectivity index (χ1n) is 10.0. The molecule has 0 aromatic heterocycles. The molecule has 6 nitrogen and oxygen atoms in total. The van der Waals surface area contributed by atoms with Crippen molar-refractivity contribution in [1.29, 1.82) is 0 Å². The molecule has 0 amide bonds. The average Bonchev–Trinajstić information content (AvgIpc) is 2.96. The summed E-state index contributed by atoms with van der Waals surface area (Å²) < 4.78 is 33.3. The number of rotatable bonds is 3. The number of fused-ring (bicyclic) bond motifs is 2. The monoisotopic (exact) mass is 451 g/mol. The lowest BCUT2D eigenvalue weighted by atomic mass is 10.2. The number of morpholine rings is 1. The molecule has 0 saturated carbocycles. The number of aliphatic imine (C=N–C) groups is 1. The van der Waals surface area contributed by atoms with E-state index in [-0.39, 0.29) is 4.90 Å². The minimum absolute atomic E-state index is 0.266. The van der Waals surface area contributed by atoms with E-state index in [0.717, 1.165) is 26.7 Å². The van der Waals surface area contributed by atoms with Crippen LogP contribution in [0.25, 0.3) is 0 Å². The van der Waals surface area contributed by atoms with Crippen LogP contribution in [0.4, 0.5) is 11.4 Å². The van der Waals surface area contributed by atoms with Crippen molar-refractivity contribution < 1.29 is 13.2 Å². The molecule has 2 heterocycles. The molecule has 0 spiro atoms. The van der Waals surface area contributed by atoms with Crippen LogP contribution in [0.5, 0.6) is 0 Å². The number of amidine groups is 1. The summed E-state index contributed by atoms with van der Waals surface area (Å²) in [5.74, 6) is 0.623. The number of hydrogen-bond acceptors (Lipinski definition) is 6. The Labute approximate surface area is 186 Å². The summed E-state index contributed by atoms with van der Waals surface area (Å²) in [4.78, 5) is 7.11. The maximum Gasteiger partial charge on any atom is 0.243 e. The Hall–Kier alpha value is -2.65. The Kier molecular flexibility index (Phi) is 5.54. The van der Waals surface area contributed by atoms with E-state index in [2.05, 4.69) is 5.32 Å². The molecule has 8 heteroatoms. The summed E-state index contributed by atoms with van der Waals surface area (Å²) in [6.07, 6.45) is 0. The average molecular weight is 452 g/mol. The Morgan fingerprint density at radius 3 is 2.45 bits per heavy atom. The van der Waals surface area contributed by atoms with Gasteiger partial charge in [-0.05, 0) is 42.5 Å². The normalized spacial score (nSPS) is 16.6. The molecule has 1 fully saturated rings. The second-order valence-electron chi connectivity index (χ2n) is 7.20. The number of ether oxygens (including phenoxy) is 1. The Morgan fingerprint density at radius 1 is 0.903 bits per heavy atom. The number of nitrogens with one attached hydrogen (secondary N) is 1. The molecule has 5 rings (SSSR count). The molecule has 3 aromatic rings. The maximum absolute atomic E-state index is 13.2. The highest BCUT2D eigenvalue weighted by molar-refractivity contribution is 7.99. The molecular weight excluding hydrogens is 430 g/mol. The van der Waals surface area contributed by atoms with Gasteiger partial charge in [0.1, 0.15) is 5.84 Å². The Bertz CT molecular complexity index is 1240. The van der Waals surface area contributed by atoms with Gasteiger partial charge in [-0.25, -0.2) is 13.4 Å². The Balaban J connectivity index is 1.61. The maximum atomic E-state index is 13.2. The highest BCUT2D eigenvalue weighted by atomic mass is 32.2. The molecule has 1 N–H and O–H groups in total. The smallest absolute Gasteiger partial charge is 0.243 e. The zero-order valence-corrected chi connectivity index (χ0v) is 18.3. The number of para-hydroxylation sites is 2. The van der Waals surface area contributed by atoms with E-state index in [9.17, 15) is 8.42 Å². The highest BCUT2D eigenvalue weighted by Crippen LogP contribution is 2.41. The number of nitrogens with zero attached hydrogens (tertiary/aromatic N) is 2. The van der Waals surface area contributed by atoms with Gasteiger partial charge in [0.25, 0.3) is 0 Å². The molecule has 2 aliphatic heterocycles. The van der Waals surface area contributed by atoms with Crippen LogP contribution in [0.2, 0.25) is 0 Å². The third kappa shape index (κ3) is 4.12. The molecule has 2 aliphatic rings. The fourth-order valence-electron chi connectivity index (χ4n) is 3.57. The van der Waals surface area contributed by atoms with E-state index < -0.39 is 10.0 Å². The van der Waals surface area contributed by atoms with Gasteiger partial charge >= 0.3 is 0 Å². The van der Waals surface area contributed by atoms with Gasteiger partial charge < -0.3 is 10.1 Å². The van der Waals surface area contributed by atoms with Gasteiger partial charge in [-0.15, -0.1) is 0 Å². The van der Waals surface area contributed by atoms with Crippen LogP contribution in [0.15, 0.2) is 92.5 Å². The van der Waals surface area contributed by atoms with Crippen LogP contribution in [-0.2, 0) is 14.8 Å². The van der Waals surface area contributed by atoms with Crippen molar-refractivity contribution in [3.63, 3.8) is 0 Å². The molecule has 1 saturated heterocycles. The van der Waals surface area contributed by atoms with E-state index >= 15 is 0 Å². The van der Waals surface area contributed by atoms with Gasteiger partial charge in [0.2, 0.25) is 10.0 Å². The number of hydrogen-bond donors (Lipinski definition) is 1. The molecule has 0 unspecified atom stereocenters. The third-order valence-electron chi connectivity index (χ3n) is 5.17. The third-order valence-corrected chi connectivity index (χ3v) is 8.20. The summed E-state index contributed by atoms with van der Waals surface area (Å²) in [6.45, 7) is 1.56. The summed E-state index contributed by atoms with van der Waals surface area (Å²) in [7, 11) is -3.61. The summed E-state index contributed by atoms with van der Waals surface area (Å²) >= 11 is 1.59. The number of anilines is 1. The zero-order valence-electron chi connectivity index (χ0n) is 16.7. The lowest BCUT2D eigenvalue weighted by molar-refractivity contribution is 0.0730. The zero-order chi connectivity index (χ0) is 21.3. The largest absolute Gasteiger partial charge is 0.379 e. The molecule has 0 bridgehead atoms. The van der Waals surface area contributed by atoms with E-state index in [1.807, 2.05) is 60.7 Å². The van der Waals surface area contributed by atoms with E-state index in [1.54, 1.807) is 23.9 Å². The van der Waals surface area contributed by atoms with Crippen molar-refractivity contribution in [3.8, 4) is 0 Å². The molecule has 158 valence electrons. The van der Waals surface area contributed by atoms with Crippen LogP contribution in [0.3, 0.4) is 0 Å². The van der Waals surface area contributed by atoms with Gasteiger partial charge in [0.15, 0.2) is 0 Å². The lowest BCUT2D eigenvalue weighted by Crippen LogP contribution is -2.40. The second kappa shape index (κ2) is 8.47. The molecule has 0 aliphatic carbocycles. The summed E-state index contributed by atoms with van der Waals surface area (Å²) in [5, 5.41) is 3.38. The minimum Gasteiger partial charge on any atom is -0.379 e. The van der Waals surface area contributed by atoms with Crippen molar-refractivity contribution in [1.82, 2.24) is 4.31 Å². The van der Waals surface area contributed by atoms with Crippen LogP contribution >= 0.6 is 11.8 Å². The standard InChI is InChI=1S/C23H21N3O3S2/c27-31(28,26-12-14-29-15-13-26)18-10-11-21-19(16-18)23(24-17-6-2-1-3-7-17)25-20-8-4-5-9-22(20)30-21/h1-11,16H,12-15H2,(H,24,25). The van der Waals surface area contributed by atoms with Crippen molar-refractivity contribution in [2.24, 2.45) is 4.99 Å². The Morgan fingerprint density at radius 2 is 1.65 bits per heavy atom. The van der Waals surface area contributed by atoms with Crippen molar-refractivity contribution in [2.75, 3.05) is 31.6 Å². The molecule has 31 heavy (non-hydrogen) atoms. The number of benzene rings is 3. The van der Waals surface area contributed by atoms with Gasteiger partial charge in [0, 0.05) is 34.1 Å². The van der Waals surface area contributed by atoms with Crippen LogP contribution < -0.4 is 5.32 Å². The molecule has 0 atom stereocenters. The molecular formula is C23H21N3O3S2. The quantitative estimate of drug-likeness (QED) is 0.641. The van der Waals surface area contributed by atoms with E-state index in [0.29, 0.717) is 32.1 Å². The number of sulfonamides is 1. The lowest BCUT2D eigenvalue weighted by Gasteiger charge is -2.26. The van der Waals surface area contributed by atoms with Gasteiger partial charge in [-0.3, -0.25) is 0 Å². The fraction of sp³-hybridized carbons (Fsp3) is 0.174. The SMILES string of the molecule is O=S(=O)(c1ccc2c(c1)C(Nc1ccccc1)=Nc1ccccc1S2)N1CCOCC1. The van der Waals surface area contributed by atoms with Gasteiger partial charge in [0.05, 0.1) is 23.8 Å².